The molecule has 0 bridgehead atoms. The van der Waals surface area contributed by atoms with Gasteiger partial charge in [-0.05, 0) is 81.3 Å². The zero-order valence-electron chi connectivity index (χ0n) is 25.5. The highest BCUT2D eigenvalue weighted by Gasteiger charge is 2.26. The Balaban J connectivity index is 1.13. The van der Waals surface area contributed by atoms with Crippen LogP contribution >= 0.6 is 0 Å². The van der Waals surface area contributed by atoms with Crippen molar-refractivity contribution in [1.29, 1.82) is 0 Å². The highest BCUT2D eigenvalue weighted by Crippen LogP contribution is 2.33. The Bertz CT molecular complexity index is 1800. The molecular formula is C36H36N4O4. The van der Waals surface area contributed by atoms with Crippen LogP contribution in [0, 0.1) is 6.92 Å². The van der Waals surface area contributed by atoms with E-state index in [4.69, 9.17) is 14.1 Å². The minimum absolute atomic E-state index is 0.174. The zero-order chi connectivity index (χ0) is 30.8. The summed E-state index contributed by atoms with van der Waals surface area (Å²) in [6, 6.07) is 25.6. The molecule has 0 saturated carbocycles. The first kappa shape index (κ1) is 29.0. The summed E-state index contributed by atoms with van der Waals surface area (Å²) < 4.78 is 11.5. The molecule has 6 rings (SSSR count). The molecule has 8 nitrogen and oxygen atoms in total. The number of nitrogens with zero attached hydrogens (tertiary/aromatic N) is 3. The average molecular weight is 589 g/mol. The summed E-state index contributed by atoms with van der Waals surface area (Å²) in [5.74, 6) is -0.174. The number of amides is 2. The number of aryl methyl sites for hydroxylation is 1. The Morgan fingerprint density at radius 1 is 0.864 bits per heavy atom. The number of carbonyl (C=O) groups is 2. The highest BCUT2D eigenvalue weighted by atomic mass is 16.6. The Labute approximate surface area is 257 Å². The van der Waals surface area contributed by atoms with Gasteiger partial charge in [0.2, 0.25) is 0 Å². The molecule has 0 unspecified atom stereocenters. The van der Waals surface area contributed by atoms with E-state index in [2.05, 4.69) is 34.5 Å². The quantitative estimate of drug-likeness (QED) is 0.226. The third-order valence-corrected chi connectivity index (χ3v) is 7.65. The lowest BCUT2D eigenvalue weighted by Crippen LogP contribution is -2.50. The lowest BCUT2D eigenvalue weighted by molar-refractivity contribution is 0.0240. The first-order chi connectivity index (χ1) is 21.1. The molecular weight excluding hydrogens is 552 g/mol. The van der Waals surface area contributed by atoms with Crippen molar-refractivity contribution in [3.63, 3.8) is 0 Å². The second-order valence-electron chi connectivity index (χ2n) is 12.1. The van der Waals surface area contributed by atoms with Crippen molar-refractivity contribution < 1.29 is 18.7 Å². The van der Waals surface area contributed by atoms with Gasteiger partial charge in [0, 0.05) is 60.4 Å². The molecule has 3 aromatic carbocycles. The number of rotatable bonds is 5. The predicted molar refractivity (Wildman–Crippen MR) is 174 cm³/mol. The van der Waals surface area contributed by atoms with E-state index in [1.54, 1.807) is 17.2 Å². The number of anilines is 2. The number of furan rings is 1. The number of nitrogens with one attached hydrogen (secondary N) is 1. The van der Waals surface area contributed by atoms with Gasteiger partial charge < -0.3 is 24.3 Å². The van der Waals surface area contributed by atoms with Gasteiger partial charge in [0.15, 0.2) is 5.58 Å². The van der Waals surface area contributed by atoms with Crippen molar-refractivity contribution in [2.24, 2.45) is 0 Å². The summed E-state index contributed by atoms with van der Waals surface area (Å²) >= 11 is 0. The fourth-order valence-electron chi connectivity index (χ4n) is 5.28. The number of benzene rings is 3. The minimum atomic E-state index is -0.496. The molecule has 0 aliphatic carbocycles. The smallest absolute Gasteiger partial charge is 0.410 e. The number of hydrogen-bond acceptors (Lipinski definition) is 6. The molecule has 1 N–H and O–H groups in total. The summed E-state index contributed by atoms with van der Waals surface area (Å²) in [5, 5.41) is 2.96. The molecule has 224 valence electrons. The number of fused-ring (bicyclic) bond motifs is 1. The Morgan fingerprint density at radius 2 is 1.59 bits per heavy atom. The third kappa shape index (κ3) is 6.44. The summed E-state index contributed by atoms with van der Waals surface area (Å²) in [6.45, 7) is 10.4. The van der Waals surface area contributed by atoms with Crippen LogP contribution in [0.1, 0.15) is 36.7 Å². The van der Waals surface area contributed by atoms with Crippen molar-refractivity contribution >= 4 is 34.5 Å². The van der Waals surface area contributed by atoms with Crippen molar-refractivity contribution in [3.8, 4) is 22.3 Å². The summed E-state index contributed by atoms with van der Waals surface area (Å²) in [6.07, 6.45) is 3.29. The second-order valence-corrected chi connectivity index (χ2v) is 12.1. The molecule has 5 aromatic rings. The maximum absolute atomic E-state index is 12.9. The van der Waals surface area contributed by atoms with Gasteiger partial charge in [-0.2, -0.15) is 0 Å². The van der Waals surface area contributed by atoms with Gasteiger partial charge in [0.25, 0.3) is 5.91 Å². The van der Waals surface area contributed by atoms with Gasteiger partial charge >= 0.3 is 6.09 Å². The molecule has 2 amide bonds. The van der Waals surface area contributed by atoms with Crippen molar-refractivity contribution in [1.82, 2.24) is 9.88 Å². The number of ether oxygens (including phenoxy) is 1. The summed E-state index contributed by atoms with van der Waals surface area (Å²) in [4.78, 5) is 34.1. The number of carbonyl (C=O) groups excluding carboxylic acids is 2. The first-order valence-electron chi connectivity index (χ1n) is 14.8. The molecule has 44 heavy (non-hydrogen) atoms. The van der Waals surface area contributed by atoms with E-state index in [9.17, 15) is 9.59 Å². The molecule has 1 aliphatic heterocycles. The van der Waals surface area contributed by atoms with Crippen LogP contribution in [0.4, 0.5) is 16.2 Å². The molecule has 1 fully saturated rings. The van der Waals surface area contributed by atoms with Gasteiger partial charge in [-0.25, -0.2) is 4.79 Å². The maximum atomic E-state index is 12.9. The van der Waals surface area contributed by atoms with E-state index in [1.165, 1.54) is 0 Å². The second kappa shape index (κ2) is 11.9. The van der Waals surface area contributed by atoms with Crippen LogP contribution < -0.4 is 10.2 Å². The zero-order valence-corrected chi connectivity index (χ0v) is 25.5. The summed E-state index contributed by atoms with van der Waals surface area (Å²) in [7, 11) is 0. The molecule has 0 radical (unpaired) electrons. The van der Waals surface area contributed by atoms with Crippen molar-refractivity contribution in [3.05, 3.63) is 102 Å². The van der Waals surface area contributed by atoms with Crippen LogP contribution in [0.25, 0.3) is 33.4 Å². The van der Waals surface area contributed by atoms with Crippen molar-refractivity contribution in [2.75, 3.05) is 36.4 Å². The topological polar surface area (TPSA) is 87.9 Å². The lowest BCUT2D eigenvalue weighted by atomic mass is 10.0. The first-order valence-corrected chi connectivity index (χ1v) is 14.8. The van der Waals surface area contributed by atoms with Gasteiger partial charge in [0.05, 0.1) is 0 Å². The number of piperazine rings is 1. The normalized spacial score (nSPS) is 13.6. The van der Waals surface area contributed by atoms with Crippen LogP contribution in [0.2, 0.25) is 0 Å². The molecule has 1 aliphatic rings. The molecule has 1 saturated heterocycles. The van der Waals surface area contributed by atoms with E-state index >= 15 is 0 Å². The summed E-state index contributed by atoms with van der Waals surface area (Å²) in [5.41, 5.74) is 8.14. The fraction of sp³-hybridized carbons (Fsp3) is 0.250. The van der Waals surface area contributed by atoms with E-state index in [0.717, 1.165) is 57.8 Å². The van der Waals surface area contributed by atoms with Crippen LogP contribution in [0.5, 0.6) is 0 Å². The Morgan fingerprint density at radius 3 is 2.30 bits per heavy atom. The van der Waals surface area contributed by atoms with E-state index in [-0.39, 0.29) is 12.0 Å². The lowest BCUT2D eigenvalue weighted by Gasteiger charge is -2.36. The van der Waals surface area contributed by atoms with E-state index in [1.807, 2.05) is 82.4 Å². The van der Waals surface area contributed by atoms with Crippen LogP contribution in [0.15, 0.2) is 95.7 Å². The highest BCUT2D eigenvalue weighted by molar-refractivity contribution is 6.05. The average Bonchev–Trinajstić information content (AvgIpc) is 3.45. The Hall–Kier alpha value is -5.11. The van der Waals surface area contributed by atoms with E-state index in [0.29, 0.717) is 24.2 Å². The SMILES string of the molecule is Cc1ccc(NC(=O)c2cccc(-c3coc4cc(-c5ccc(N6CCN(C(=O)OC(C)(C)C)CC6)cc5)cnc34)c2)cc1. The van der Waals surface area contributed by atoms with Gasteiger partial charge in [0.1, 0.15) is 17.4 Å². The van der Waals surface area contributed by atoms with Crippen LogP contribution in [-0.4, -0.2) is 53.7 Å². The Kier molecular flexibility index (Phi) is 7.82. The minimum Gasteiger partial charge on any atom is -0.462 e. The molecule has 3 heterocycles. The van der Waals surface area contributed by atoms with Gasteiger partial charge in [-0.1, -0.05) is 42.0 Å². The molecule has 2 aromatic heterocycles. The molecule has 0 spiro atoms. The van der Waals surface area contributed by atoms with E-state index < -0.39 is 5.60 Å². The van der Waals surface area contributed by atoms with Crippen molar-refractivity contribution in [2.45, 2.75) is 33.3 Å². The monoisotopic (exact) mass is 588 g/mol. The third-order valence-electron chi connectivity index (χ3n) is 7.65. The number of aromatic nitrogens is 1. The maximum Gasteiger partial charge on any atom is 0.410 e. The molecule has 0 atom stereocenters. The standard InChI is InChI=1S/C36H36N4O4/c1-24-8-12-29(13-9-24)38-34(41)27-7-5-6-26(20-27)31-23-43-32-21-28(22-37-33(31)32)25-10-14-30(15-11-25)39-16-18-40(19-17-39)35(42)44-36(2,3)4/h5-15,20-23H,16-19H2,1-4H3,(H,38,41). The fourth-order valence-corrected chi connectivity index (χ4v) is 5.28. The number of hydrogen-bond donors (Lipinski definition) is 1. The van der Waals surface area contributed by atoms with Gasteiger partial charge in [-0.3, -0.25) is 9.78 Å². The van der Waals surface area contributed by atoms with Crippen LogP contribution in [0.3, 0.4) is 0 Å². The van der Waals surface area contributed by atoms with Crippen LogP contribution in [-0.2, 0) is 4.74 Å². The largest absolute Gasteiger partial charge is 0.462 e. The molecule has 8 heteroatoms. The predicted octanol–water partition coefficient (Wildman–Crippen LogP) is 7.78. The number of pyridine rings is 1. The van der Waals surface area contributed by atoms with Gasteiger partial charge in [-0.15, -0.1) is 0 Å².